The van der Waals surface area contributed by atoms with Gasteiger partial charge in [-0.15, -0.1) is 0 Å². The smallest absolute Gasteiger partial charge is 0.0730 e. The molecule has 0 aromatic heterocycles. The van der Waals surface area contributed by atoms with E-state index in [0.717, 1.165) is 6.42 Å². The Morgan fingerprint density at radius 1 is 1.38 bits per heavy atom. The second kappa shape index (κ2) is 4.81. The van der Waals surface area contributed by atoms with E-state index in [4.69, 9.17) is 4.74 Å². The molecule has 0 spiro atoms. The van der Waals surface area contributed by atoms with E-state index in [9.17, 15) is 5.11 Å². The van der Waals surface area contributed by atoms with Crippen LogP contribution in [0.3, 0.4) is 0 Å². The highest BCUT2D eigenvalue weighted by Crippen LogP contribution is 2.31. The van der Waals surface area contributed by atoms with Gasteiger partial charge in [-0.2, -0.15) is 0 Å². The predicted molar refractivity (Wildman–Crippen MR) is 64.0 cm³/mol. The van der Waals surface area contributed by atoms with Crippen molar-refractivity contribution < 1.29 is 9.84 Å². The average Bonchev–Trinajstić information content (AvgIpc) is 2.60. The van der Waals surface area contributed by atoms with Crippen LogP contribution in [0.25, 0.3) is 0 Å². The zero-order valence-corrected chi connectivity index (χ0v) is 9.60. The molecule has 0 unspecified atom stereocenters. The van der Waals surface area contributed by atoms with Crippen molar-refractivity contribution in [1.29, 1.82) is 0 Å². The molecule has 2 rings (SSSR count). The topological polar surface area (TPSA) is 29.5 Å². The Hall–Kier alpha value is -1.12. The highest BCUT2D eigenvalue weighted by Gasteiger charge is 2.29. The van der Waals surface area contributed by atoms with Gasteiger partial charge < -0.3 is 9.84 Å². The third-order valence-corrected chi connectivity index (χ3v) is 2.94. The fourth-order valence-electron chi connectivity index (χ4n) is 2.04. The third-order valence-electron chi connectivity index (χ3n) is 2.94. The lowest BCUT2D eigenvalue weighted by atomic mass is 9.91. The minimum absolute atomic E-state index is 0.00576. The van der Waals surface area contributed by atoms with Crippen molar-refractivity contribution in [3.63, 3.8) is 0 Å². The minimum atomic E-state index is -0.301. The highest BCUT2D eigenvalue weighted by molar-refractivity contribution is 5.14. The Kier molecular flexibility index (Phi) is 3.42. The molecule has 0 aliphatic heterocycles. The first-order valence-corrected chi connectivity index (χ1v) is 5.67. The summed E-state index contributed by atoms with van der Waals surface area (Å²) < 4.78 is 5.69. The first-order valence-electron chi connectivity index (χ1n) is 5.67. The first kappa shape index (κ1) is 11.4. The van der Waals surface area contributed by atoms with Crippen molar-refractivity contribution in [2.45, 2.75) is 26.1 Å². The second-order valence-electron chi connectivity index (χ2n) is 4.76. The molecule has 0 saturated carbocycles. The van der Waals surface area contributed by atoms with E-state index in [1.165, 1.54) is 5.56 Å². The zero-order valence-electron chi connectivity index (χ0n) is 9.60. The van der Waals surface area contributed by atoms with Crippen LogP contribution in [0.5, 0.6) is 0 Å². The maximum Gasteiger partial charge on any atom is 0.0730 e. The lowest BCUT2D eigenvalue weighted by molar-refractivity contribution is 0.0510. The maximum atomic E-state index is 9.44. The molecule has 2 heteroatoms. The summed E-state index contributed by atoms with van der Waals surface area (Å²) in [6.45, 7) is 3.42. The molecule has 0 fully saturated rings. The Bertz CT molecular complexity index is 358. The standard InChI is InChI=1S/C14H18O2/c1-14(8-7-13(15)9-14)11-16-10-12-5-3-2-4-6-12/h2-8,13,15H,9-11H2,1H3/t13-,14+/m0/s1. The molecule has 86 valence electrons. The highest BCUT2D eigenvalue weighted by atomic mass is 16.5. The van der Waals surface area contributed by atoms with Crippen LogP contribution in [-0.4, -0.2) is 17.8 Å². The largest absolute Gasteiger partial charge is 0.389 e. The van der Waals surface area contributed by atoms with Gasteiger partial charge in [0.25, 0.3) is 0 Å². The summed E-state index contributed by atoms with van der Waals surface area (Å²) in [6.07, 6.45) is 4.38. The first-order chi connectivity index (χ1) is 7.68. The van der Waals surface area contributed by atoms with E-state index in [2.05, 4.69) is 25.1 Å². The van der Waals surface area contributed by atoms with Gasteiger partial charge in [-0.05, 0) is 12.0 Å². The molecule has 0 radical (unpaired) electrons. The molecule has 0 saturated heterocycles. The van der Waals surface area contributed by atoms with Crippen LogP contribution in [0.2, 0.25) is 0 Å². The molecule has 1 aliphatic rings. The molecule has 1 aromatic carbocycles. The Morgan fingerprint density at radius 2 is 2.12 bits per heavy atom. The molecule has 16 heavy (non-hydrogen) atoms. The van der Waals surface area contributed by atoms with E-state index in [1.807, 2.05) is 24.3 Å². The van der Waals surface area contributed by atoms with E-state index in [-0.39, 0.29) is 11.5 Å². The quantitative estimate of drug-likeness (QED) is 0.787. The summed E-state index contributed by atoms with van der Waals surface area (Å²) in [5, 5.41) is 9.44. The Balaban J connectivity index is 1.79. The molecular weight excluding hydrogens is 200 g/mol. The van der Waals surface area contributed by atoms with Crippen molar-refractivity contribution in [2.75, 3.05) is 6.61 Å². The van der Waals surface area contributed by atoms with Crippen molar-refractivity contribution in [3.05, 3.63) is 48.0 Å². The summed E-state index contributed by atoms with van der Waals surface area (Å²) in [5.74, 6) is 0. The van der Waals surface area contributed by atoms with Crippen molar-refractivity contribution in [1.82, 2.24) is 0 Å². The van der Waals surface area contributed by atoms with Gasteiger partial charge in [0.2, 0.25) is 0 Å². The normalized spacial score (nSPS) is 28.5. The van der Waals surface area contributed by atoms with Gasteiger partial charge in [0.15, 0.2) is 0 Å². The number of hydrogen-bond donors (Lipinski definition) is 1. The van der Waals surface area contributed by atoms with Crippen molar-refractivity contribution >= 4 is 0 Å². The number of benzene rings is 1. The summed E-state index contributed by atoms with van der Waals surface area (Å²) >= 11 is 0. The van der Waals surface area contributed by atoms with Crippen LogP contribution in [0.1, 0.15) is 18.9 Å². The maximum absolute atomic E-state index is 9.44. The van der Waals surface area contributed by atoms with Crippen LogP contribution in [0.15, 0.2) is 42.5 Å². The van der Waals surface area contributed by atoms with Gasteiger partial charge in [0.05, 0.1) is 19.3 Å². The van der Waals surface area contributed by atoms with Gasteiger partial charge in [-0.1, -0.05) is 49.4 Å². The Morgan fingerprint density at radius 3 is 2.75 bits per heavy atom. The van der Waals surface area contributed by atoms with E-state index < -0.39 is 0 Å². The third kappa shape index (κ3) is 2.94. The lowest BCUT2D eigenvalue weighted by Crippen LogP contribution is -2.20. The molecular formula is C14H18O2. The summed E-state index contributed by atoms with van der Waals surface area (Å²) in [4.78, 5) is 0. The fourth-order valence-corrected chi connectivity index (χ4v) is 2.04. The van der Waals surface area contributed by atoms with Gasteiger partial charge in [-0.25, -0.2) is 0 Å². The summed E-state index contributed by atoms with van der Waals surface area (Å²) in [5.41, 5.74) is 1.18. The van der Waals surface area contributed by atoms with E-state index in [0.29, 0.717) is 13.2 Å². The number of ether oxygens (including phenoxy) is 1. The van der Waals surface area contributed by atoms with Crippen molar-refractivity contribution in [3.8, 4) is 0 Å². The van der Waals surface area contributed by atoms with Gasteiger partial charge >= 0.3 is 0 Å². The van der Waals surface area contributed by atoms with E-state index in [1.54, 1.807) is 0 Å². The van der Waals surface area contributed by atoms with Gasteiger partial charge in [0, 0.05) is 5.41 Å². The molecule has 1 N–H and O–H groups in total. The molecule has 1 aliphatic carbocycles. The lowest BCUT2D eigenvalue weighted by Gasteiger charge is -2.22. The summed E-state index contributed by atoms with van der Waals surface area (Å²) in [6, 6.07) is 10.1. The van der Waals surface area contributed by atoms with Crippen LogP contribution < -0.4 is 0 Å². The number of hydrogen-bond acceptors (Lipinski definition) is 2. The fraction of sp³-hybridized carbons (Fsp3) is 0.429. The predicted octanol–water partition coefficient (Wildman–Crippen LogP) is 2.53. The molecule has 0 amide bonds. The molecule has 0 bridgehead atoms. The second-order valence-corrected chi connectivity index (χ2v) is 4.76. The van der Waals surface area contributed by atoms with Crippen molar-refractivity contribution in [2.24, 2.45) is 5.41 Å². The summed E-state index contributed by atoms with van der Waals surface area (Å²) in [7, 11) is 0. The average molecular weight is 218 g/mol. The van der Waals surface area contributed by atoms with Crippen LogP contribution in [0, 0.1) is 5.41 Å². The monoisotopic (exact) mass is 218 g/mol. The number of rotatable bonds is 4. The molecule has 2 atom stereocenters. The van der Waals surface area contributed by atoms with E-state index >= 15 is 0 Å². The Labute approximate surface area is 96.6 Å². The van der Waals surface area contributed by atoms with Gasteiger partial charge in [-0.3, -0.25) is 0 Å². The molecule has 2 nitrogen and oxygen atoms in total. The molecule has 0 heterocycles. The number of aliphatic hydroxyl groups excluding tert-OH is 1. The van der Waals surface area contributed by atoms with Crippen LogP contribution >= 0.6 is 0 Å². The minimum Gasteiger partial charge on any atom is -0.389 e. The SMILES string of the molecule is C[C@@]1(COCc2ccccc2)C=C[C@H](O)C1. The van der Waals surface area contributed by atoms with Crippen LogP contribution in [-0.2, 0) is 11.3 Å². The number of aliphatic hydroxyl groups is 1. The van der Waals surface area contributed by atoms with Crippen LogP contribution in [0.4, 0.5) is 0 Å². The zero-order chi connectivity index (χ0) is 11.4. The van der Waals surface area contributed by atoms with Gasteiger partial charge in [0.1, 0.15) is 0 Å². The molecule has 1 aromatic rings.